The Morgan fingerprint density at radius 2 is 1.94 bits per heavy atom. The van der Waals surface area contributed by atoms with Crippen LogP contribution in [0, 0.1) is 0 Å². The van der Waals surface area contributed by atoms with Crippen molar-refractivity contribution in [1.82, 2.24) is 0 Å². The summed E-state index contributed by atoms with van der Waals surface area (Å²) in [5, 5.41) is 1.82. The SMILES string of the molecule is O=Cc1ccc2ccccc2c1CS(=O)O. The van der Waals surface area contributed by atoms with Crippen molar-refractivity contribution in [3.05, 3.63) is 47.5 Å². The van der Waals surface area contributed by atoms with Crippen LogP contribution in [-0.2, 0) is 16.8 Å². The van der Waals surface area contributed by atoms with Gasteiger partial charge >= 0.3 is 0 Å². The molecule has 82 valence electrons. The molecule has 0 aliphatic carbocycles. The summed E-state index contributed by atoms with van der Waals surface area (Å²) >= 11 is -1.94. The van der Waals surface area contributed by atoms with E-state index in [4.69, 9.17) is 4.55 Å². The number of benzene rings is 2. The van der Waals surface area contributed by atoms with E-state index in [0.717, 1.165) is 10.8 Å². The molecule has 1 N–H and O–H groups in total. The summed E-state index contributed by atoms with van der Waals surface area (Å²) < 4.78 is 19.8. The molecule has 0 saturated carbocycles. The maximum atomic E-state index is 10.9. The van der Waals surface area contributed by atoms with E-state index < -0.39 is 11.1 Å². The van der Waals surface area contributed by atoms with Crippen LogP contribution in [0.4, 0.5) is 0 Å². The number of aldehydes is 1. The van der Waals surface area contributed by atoms with Gasteiger partial charge in [-0.25, -0.2) is 4.21 Å². The number of hydrogen-bond donors (Lipinski definition) is 1. The first-order chi connectivity index (χ1) is 7.72. The van der Waals surface area contributed by atoms with E-state index in [1.807, 2.05) is 30.3 Å². The van der Waals surface area contributed by atoms with Gasteiger partial charge in [0.05, 0.1) is 5.75 Å². The molecule has 16 heavy (non-hydrogen) atoms. The summed E-state index contributed by atoms with van der Waals surface area (Å²) in [6.45, 7) is 0. The van der Waals surface area contributed by atoms with E-state index in [0.29, 0.717) is 17.4 Å². The molecule has 4 heteroatoms. The third-order valence-electron chi connectivity index (χ3n) is 2.47. The van der Waals surface area contributed by atoms with Gasteiger partial charge in [-0.3, -0.25) is 4.79 Å². The molecule has 0 saturated heterocycles. The molecule has 1 unspecified atom stereocenters. The number of rotatable bonds is 3. The minimum absolute atomic E-state index is 0.0184. The van der Waals surface area contributed by atoms with Crippen LogP contribution >= 0.6 is 0 Å². The average molecular weight is 234 g/mol. The van der Waals surface area contributed by atoms with E-state index in [9.17, 15) is 9.00 Å². The summed E-state index contributed by atoms with van der Waals surface area (Å²) in [5.74, 6) is -0.0184. The number of fused-ring (bicyclic) bond motifs is 1. The molecule has 0 aliphatic heterocycles. The number of carbonyl (C=O) groups excluding carboxylic acids is 1. The summed E-state index contributed by atoms with van der Waals surface area (Å²) in [5.41, 5.74) is 1.11. The molecule has 0 bridgehead atoms. The molecule has 1 atom stereocenters. The van der Waals surface area contributed by atoms with Crippen LogP contribution in [0.1, 0.15) is 15.9 Å². The normalized spacial score (nSPS) is 12.6. The van der Waals surface area contributed by atoms with Crippen LogP contribution in [0.15, 0.2) is 36.4 Å². The minimum atomic E-state index is -1.94. The molecule has 0 spiro atoms. The fourth-order valence-electron chi connectivity index (χ4n) is 1.75. The lowest BCUT2D eigenvalue weighted by atomic mass is 10.0. The van der Waals surface area contributed by atoms with Crippen molar-refractivity contribution < 1.29 is 13.6 Å². The molecule has 0 fully saturated rings. The maximum Gasteiger partial charge on any atom is 0.157 e. The zero-order chi connectivity index (χ0) is 11.5. The zero-order valence-corrected chi connectivity index (χ0v) is 9.24. The van der Waals surface area contributed by atoms with Gasteiger partial charge in [0.2, 0.25) is 0 Å². The summed E-state index contributed by atoms with van der Waals surface area (Å²) in [7, 11) is 0. The van der Waals surface area contributed by atoms with E-state index in [2.05, 4.69) is 0 Å². The van der Waals surface area contributed by atoms with Crippen LogP contribution in [0.2, 0.25) is 0 Å². The van der Waals surface area contributed by atoms with E-state index in [-0.39, 0.29) is 5.75 Å². The quantitative estimate of drug-likeness (QED) is 0.655. The van der Waals surface area contributed by atoms with Crippen molar-refractivity contribution in [1.29, 1.82) is 0 Å². The molecule has 0 aliphatic rings. The molecule has 0 heterocycles. The van der Waals surface area contributed by atoms with Crippen LogP contribution < -0.4 is 0 Å². The third kappa shape index (κ3) is 2.03. The Kier molecular flexibility index (Phi) is 3.12. The monoisotopic (exact) mass is 234 g/mol. The second-order valence-corrected chi connectivity index (χ2v) is 4.37. The first-order valence-electron chi connectivity index (χ1n) is 4.75. The average Bonchev–Trinajstić information content (AvgIpc) is 2.29. The van der Waals surface area contributed by atoms with Crippen LogP contribution in [0.3, 0.4) is 0 Å². The van der Waals surface area contributed by atoms with Gasteiger partial charge in [0.15, 0.2) is 11.1 Å². The summed E-state index contributed by atoms with van der Waals surface area (Å²) in [6.07, 6.45) is 0.717. The Morgan fingerprint density at radius 3 is 2.62 bits per heavy atom. The van der Waals surface area contributed by atoms with Gasteiger partial charge in [0.25, 0.3) is 0 Å². The topological polar surface area (TPSA) is 54.4 Å². The second kappa shape index (κ2) is 4.55. The Balaban J connectivity index is 2.72. The van der Waals surface area contributed by atoms with Gasteiger partial charge in [-0.05, 0) is 16.3 Å². The zero-order valence-electron chi connectivity index (χ0n) is 8.42. The van der Waals surface area contributed by atoms with Crippen molar-refractivity contribution in [2.75, 3.05) is 0 Å². The highest BCUT2D eigenvalue weighted by atomic mass is 32.2. The Morgan fingerprint density at radius 1 is 1.19 bits per heavy atom. The molecule has 0 aromatic heterocycles. The molecular formula is C12H10O3S. The first kappa shape index (κ1) is 11.0. The largest absolute Gasteiger partial charge is 0.306 e. The highest BCUT2D eigenvalue weighted by Gasteiger charge is 2.09. The van der Waals surface area contributed by atoms with Gasteiger partial charge in [-0.15, -0.1) is 0 Å². The van der Waals surface area contributed by atoms with Crippen molar-refractivity contribution in [2.45, 2.75) is 5.75 Å². The molecule has 3 nitrogen and oxygen atoms in total. The Bertz CT molecular complexity index is 563. The fourth-order valence-corrected chi connectivity index (χ4v) is 2.32. The van der Waals surface area contributed by atoms with E-state index in [1.165, 1.54) is 0 Å². The molecule has 2 aromatic carbocycles. The smallest absolute Gasteiger partial charge is 0.157 e. The third-order valence-corrected chi connectivity index (χ3v) is 3.01. The first-order valence-corrected chi connectivity index (χ1v) is 6.03. The molecule has 2 rings (SSSR count). The second-order valence-electron chi connectivity index (χ2n) is 3.44. The van der Waals surface area contributed by atoms with Crippen LogP contribution in [-0.4, -0.2) is 15.0 Å². The Labute approximate surface area is 95.4 Å². The minimum Gasteiger partial charge on any atom is -0.306 e. The van der Waals surface area contributed by atoms with Crippen LogP contribution in [0.5, 0.6) is 0 Å². The molecular weight excluding hydrogens is 224 g/mol. The van der Waals surface area contributed by atoms with Gasteiger partial charge in [-0.1, -0.05) is 36.4 Å². The lowest BCUT2D eigenvalue weighted by molar-refractivity contribution is 0.112. The van der Waals surface area contributed by atoms with Crippen molar-refractivity contribution in [2.24, 2.45) is 0 Å². The van der Waals surface area contributed by atoms with Gasteiger partial charge in [0.1, 0.15) is 6.29 Å². The van der Waals surface area contributed by atoms with E-state index in [1.54, 1.807) is 6.07 Å². The predicted octanol–water partition coefficient (Wildman–Crippen LogP) is 2.37. The van der Waals surface area contributed by atoms with Crippen molar-refractivity contribution >= 4 is 28.1 Å². The molecule has 2 aromatic rings. The van der Waals surface area contributed by atoms with E-state index >= 15 is 0 Å². The molecule has 0 radical (unpaired) electrons. The fraction of sp³-hybridized carbons (Fsp3) is 0.0833. The maximum absolute atomic E-state index is 10.9. The number of carbonyl (C=O) groups is 1. The van der Waals surface area contributed by atoms with Crippen molar-refractivity contribution in [3.63, 3.8) is 0 Å². The standard InChI is InChI=1S/C12H10O3S/c13-7-10-6-5-9-3-1-2-4-11(9)12(10)8-16(14)15/h1-7H,8H2,(H,14,15). The predicted molar refractivity (Wildman–Crippen MR) is 63.8 cm³/mol. The molecule has 0 amide bonds. The summed E-state index contributed by atoms with van der Waals surface area (Å²) in [4.78, 5) is 10.9. The highest BCUT2D eigenvalue weighted by Crippen LogP contribution is 2.22. The van der Waals surface area contributed by atoms with Crippen molar-refractivity contribution in [3.8, 4) is 0 Å². The van der Waals surface area contributed by atoms with Gasteiger partial charge in [-0.2, -0.15) is 0 Å². The lowest BCUT2D eigenvalue weighted by Crippen LogP contribution is -1.99. The Hall–Kier alpha value is -1.52. The summed E-state index contributed by atoms with van der Waals surface area (Å²) in [6, 6.07) is 11.0. The van der Waals surface area contributed by atoms with Gasteiger partial charge in [0, 0.05) is 5.56 Å². The van der Waals surface area contributed by atoms with Gasteiger partial charge < -0.3 is 4.55 Å². The lowest BCUT2D eigenvalue weighted by Gasteiger charge is -2.07. The number of hydrogen-bond acceptors (Lipinski definition) is 2. The van der Waals surface area contributed by atoms with Crippen LogP contribution in [0.25, 0.3) is 10.8 Å². The highest BCUT2D eigenvalue weighted by molar-refractivity contribution is 7.78.